The molecule has 1 saturated carbocycles. The molecule has 18 heavy (non-hydrogen) atoms. The molecule has 0 saturated heterocycles. The van der Waals surface area contributed by atoms with E-state index in [-0.39, 0.29) is 24.2 Å². The zero-order valence-corrected chi connectivity index (χ0v) is 11.5. The van der Waals surface area contributed by atoms with Crippen molar-refractivity contribution in [3.63, 3.8) is 0 Å². The van der Waals surface area contributed by atoms with Gasteiger partial charge < -0.3 is 20.3 Å². The van der Waals surface area contributed by atoms with Gasteiger partial charge in [0.2, 0.25) is 5.75 Å². The van der Waals surface area contributed by atoms with Crippen LogP contribution in [0.4, 0.5) is 0 Å². The number of phenolic OH excluding ortho intramolecular Hbond substituents is 1. The third kappa shape index (κ3) is 2.65. The van der Waals surface area contributed by atoms with E-state index in [4.69, 9.17) is 15.2 Å². The zero-order valence-electron chi connectivity index (χ0n) is 10.7. The molecule has 0 bridgehead atoms. The van der Waals surface area contributed by atoms with Crippen molar-refractivity contribution in [1.82, 2.24) is 0 Å². The normalized spacial score (nSPS) is 16.4. The molecule has 2 rings (SSSR count). The predicted octanol–water partition coefficient (Wildman–Crippen LogP) is 2.63. The summed E-state index contributed by atoms with van der Waals surface area (Å²) in [6.45, 7) is 0. The summed E-state index contributed by atoms with van der Waals surface area (Å²) in [5.41, 5.74) is 7.16. The van der Waals surface area contributed by atoms with E-state index >= 15 is 0 Å². The smallest absolute Gasteiger partial charge is 0.200 e. The van der Waals surface area contributed by atoms with Gasteiger partial charge in [0.05, 0.1) is 14.2 Å². The minimum Gasteiger partial charge on any atom is -0.502 e. The number of methoxy groups -OCH3 is 2. The van der Waals surface area contributed by atoms with Crippen molar-refractivity contribution < 1.29 is 14.6 Å². The Bertz CT molecular complexity index is 382. The number of halogens is 1. The van der Waals surface area contributed by atoms with Gasteiger partial charge in [0.25, 0.3) is 0 Å². The fourth-order valence-corrected chi connectivity index (χ4v) is 2.18. The van der Waals surface area contributed by atoms with Gasteiger partial charge >= 0.3 is 0 Å². The molecule has 0 aromatic heterocycles. The van der Waals surface area contributed by atoms with Crippen LogP contribution in [-0.4, -0.2) is 19.3 Å². The molecule has 3 N–H and O–H groups in total. The highest BCUT2D eigenvalue weighted by Crippen LogP contribution is 2.42. The van der Waals surface area contributed by atoms with Crippen LogP contribution in [0.5, 0.6) is 17.2 Å². The Morgan fingerprint density at radius 1 is 1.22 bits per heavy atom. The maximum atomic E-state index is 9.81. The van der Waals surface area contributed by atoms with E-state index in [0.29, 0.717) is 17.4 Å². The lowest BCUT2D eigenvalue weighted by Crippen LogP contribution is -2.26. The Kier molecular flexibility index (Phi) is 5.11. The first kappa shape index (κ1) is 14.9. The number of hydrogen-bond acceptors (Lipinski definition) is 4. The molecule has 1 aliphatic rings. The standard InChI is InChI=1S/C13H19NO3.ClH/c1-16-10-6-9(7-11(17-2)13(10)15)12(14)8-4-3-5-8;/h6-8,12,15H,3-5,14H2,1-2H3;1H/t12-;/m0./s1. The van der Waals surface area contributed by atoms with Crippen LogP contribution in [-0.2, 0) is 0 Å². The van der Waals surface area contributed by atoms with Gasteiger partial charge in [-0.2, -0.15) is 0 Å². The highest BCUT2D eigenvalue weighted by molar-refractivity contribution is 5.85. The Labute approximate surface area is 113 Å². The summed E-state index contributed by atoms with van der Waals surface area (Å²) in [6, 6.07) is 3.58. The van der Waals surface area contributed by atoms with Crippen molar-refractivity contribution in [2.75, 3.05) is 14.2 Å². The number of aromatic hydroxyl groups is 1. The summed E-state index contributed by atoms with van der Waals surface area (Å²) < 4.78 is 10.2. The molecular formula is C13H20ClNO3. The molecule has 0 radical (unpaired) electrons. The quantitative estimate of drug-likeness (QED) is 0.885. The van der Waals surface area contributed by atoms with Gasteiger partial charge in [-0.25, -0.2) is 0 Å². The Balaban J connectivity index is 0.00000162. The van der Waals surface area contributed by atoms with Crippen LogP contribution < -0.4 is 15.2 Å². The number of nitrogens with two attached hydrogens (primary N) is 1. The lowest BCUT2D eigenvalue weighted by molar-refractivity contribution is 0.262. The van der Waals surface area contributed by atoms with Crippen molar-refractivity contribution >= 4 is 12.4 Å². The molecule has 0 aliphatic heterocycles. The monoisotopic (exact) mass is 273 g/mol. The van der Waals surface area contributed by atoms with Crippen LogP contribution in [0, 0.1) is 5.92 Å². The molecular weight excluding hydrogens is 254 g/mol. The van der Waals surface area contributed by atoms with E-state index in [9.17, 15) is 5.11 Å². The fourth-order valence-electron chi connectivity index (χ4n) is 2.18. The first-order chi connectivity index (χ1) is 8.17. The van der Waals surface area contributed by atoms with Gasteiger partial charge in [0.1, 0.15) is 0 Å². The maximum Gasteiger partial charge on any atom is 0.200 e. The summed E-state index contributed by atoms with van der Waals surface area (Å²) in [4.78, 5) is 0. The average molecular weight is 274 g/mol. The molecule has 1 aromatic rings. The summed E-state index contributed by atoms with van der Waals surface area (Å²) in [7, 11) is 3.04. The third-order valence-corrected chi connectivity index (χ3v) is 3.54. The number of benzene rings is 1. The molecule has 0 amide bonds. The molecule has 1 fully saturated rings. The summed E-state index contributed by atoms with van der Waals surface area (Å²) in [5.74, 6) is 1.39. The van der Waals surface area contributed by atoms with E-state index < -0.39 is 0 Å². The second-order valence-electron chi connectivity index (χ2n) is 4.49. The lowest BCUT2D eigenvalue weighted by Gasteiger charge is -2.31. The van der Waals surface area contributed by atoms with E-state index in [1.54, 1.807) is 12.1 Å². The molecule has 0 unspecified atom stereocenters. The Morgan fingerprint density at radius 3 is 2.06 bits per heavy atom. The molecule has 102 valence electrons. The van der Waals surface area contributed by atoms with Gasteiger partial charge in [0, 0.05) is 6.04 Å². The van der Waals surface area contributed by atoms with Gasteiger partial charge in [-0.15, -0.1) is 12.4 Å². The largest absolute Gasteiger partial charge is 0.502 e. The Morgan fingerprint density at radius 2 is 1.72 bits per heavy atom. The van der Waals surface area contributed by atoms with Crippen LogP contribution in [0.25, 0.3) is 0 Å². The van der Waals surface area contributed by atoms with Crippen molar-refractivity contribution in [2.24, 2.45) is 11.7 Å². The highest BCUT2D eigenvalue weighted by Gasteiger charge is 2.27. The van der Waals surface area contributed by atoms with E-state index in [0.717, 1.165) is 5.56 Å². The van der Waals surface area contributed by atoms with Crippen LogP contribution >= 0.6 is 12.4 Å². The number of phenols is 1. The SMILES string of the molecule is COc1cc([C@@H](N)C2CCC2)cc(OC)c1O.Cl. The number of rotatable bonds is 4. The second-order valence-corrected chi connectivity index (χ2v) is 4.49. The van der Waals surface area contributed by atoms with Gasteiger partial charge in [0.15, 0.2) is 11.5 Å². The first-order valence-electron chi connectivity index (χ1n) is 5.87. The number of ether oxygens (including phenoxy) is 2. The molecule has 1 atom stereocenters. The summed E-state index contributed by atoms with van der Waals surface area (Å²) >= 11 is 0. The van der Waals surface area contributed by atoms with Crippen molar-refractivity contribution in [1.29, 1.82) is 0 Å². The first-order valence-corrected chi connectivity index (χ1v) is 5.87. The predicted molar refractivity (Wildman–Crippen MR) is 72.7 cm³/mol. The van der Waals surface area contributed by atoms with E-state index in [1.807, 2.05) is 0 Å². The van der Waals surface area contributed by atoms with Crippen LogP contribution in [0.1, 0.15) is 30.9 Å². The van der Waals surface area contributed by atoms with Crippen LogP contribution in [0.2, 0.25) is 0 Å². The highest BCUT2D eigenvalue weighted by atomic mass is 35.5. The molecule has 1 aliphatic carbocycles. The van der Waals surface area contributed by atoms with E-state index in [2.05, 4.69) is 0 Å². The maximum absolute atomic E-state index is 9.81. The molecule has 0 heterocycles. The summed E-state index contributed by atoms with van der Waals surface area (Å²) in [6.07, 6.45) is 3.60. The molecule has 4 nitrogen and oxygen atoms in total. The van der Waals surface area contributed by atoms with Crippen LogP contribution in [0.15, 0.2) is 12.1 Å². The minimum absolute atomic E-state index is 0. The second kappa shape index (κ2) is 6.16. The Hall–Kier alpha value is -1.13. The third-order valence-electron chi connectivity index (χ3n) is 3.54. The average Bonchev–Trinajstić information content (AvgIpc) is 2.27. The van der Waals surface area contributed by atoms with E-state index in [1.165, 1.54) is 33.5 Å². The van der Waals surface area contributed by atoms with Crippen molar-refractivity contribution in [3.05, 3.63) is 17.7 Å². The minimum atomic E-state index is -0.00727. The van der Waals surface area contributed by atoms with Gasteiger partial charge in [-0.05, 0) is 36.5 Å². The lowest BCUT2D eigenvalue weighted by atomic mass is 9.77. The van der Waals surface area contributed by atoms with Gasteiger partial charge in [-0.3, -0.25) is 0 Å². The summed E-state index contributed by atoms with van der Waals surface area (Å²) in [5, 5.41) is 9.81. The van der Waals surface area contributed by atoms with Crippen molar-refractivity contribution in [3.8, 4) is 17.2 Å². The van der Waals surface area contributed by atoms with Crippen molar-refractivity contribution in [2.45, 2.75) is 25.3 Å². The van der Waals surface area contributed by atoms with Gasteiger partial charge in [-0.1, -0.05) is 6.42 Å². The molecule has 5 heteroatoms. The fraction of sp³-hybridized carbons (Fsp3) is 0.538. The van der Waals surface area contributed by atoms with Crippen LogP contribution in [0.3, 0.4) is 0 Å². The topological polar surface area (TPSA) is 64.7 Å². The zero-order chi connectivity index (χ0) is 12.4. The number of hydrogen-bond donors (Lipinski definition) is 2. The molecule has 1 aromatic carbocycles. The molecule has 0 spiro atoms.